The first-order valence-corrected chi connectivity index (χ1v) is 10.4. The number of thioether (sulfide) groups is 1. The van der Waals surface area contributed by atoms with E-state index in [2.05, 4.69) is 11.9 Å². The van der Waals surface area contributed by atoms with Crippen molar-refractivity contribution >= 4 is 17.7 Å². The summed E-state index contributed by atoms with van der Waals surface area (Å²) in [7, 11) is 0. The lowest BCUT2D eigenvalue weighted by Crippen LogP contribution is -2.57. The summed E-state index contributed by atoms with van der Waals surface area (Å²) >= 11 is 1.50. The van der Waals surface area contributed by atoms with Crippen LogP contribution in [0.5, 0.6) is 5.75 Å². The van der Waals surface area contributed by atoms with Gasteiger partial charge in [-0.3, -0.25) is 4.98 Å². The molecule has 1 heterocycles. The second kappa shape index (κ2) is 9.58. The Kier molecular flexibility index (Phi) is 7.73. The van der Waals surface area contributed by atoms with Gasteiger partial charge in [0.05, 0.1) is 12.1 Å². The molecule has 0 aliphatic heterocycles. The van der Waals surface area contributed by atoms with Crippen molar-refractivity contribution in [2.24, 2.45) is 11.7 Å². The third-order valence-electron chi connectivity index (χ3n) is 4.99. The van der Waals surface area contributed by atoms with Crippen molar-refractivity contribution in [1.29, 1.82) is 0 Å². The second-order valence-corrected chi connectivity index (χ2v) is 8.47. The van der Waals surface area contributed by atoms with Crippen LogP contribution < -0.4 is 10.5 Å². The van der Waals surface area contributed by atoms with Crippen molar-refractivity contribution in [2.75, 3.05) is 11.5 Å². The van der Waals surface area contributed by atoms with Gasteiger partial charge in [0.2, 0.25) is 0 Å². The van der Waals surface area contributed by atoms with Crippen LogP contribution in [0.25, 0.3) is 0 Å². The molecule has 7 heteroatoms. The SMILES string of the molecule is CCSC[C@H](N)[C@](O)(Cc1cc(OC2CCC(C)CC2)ccn1)C(=O)O. The van der Waals surface area contributed by atoms with E-state index in [0.717, 1.165) is 37.4 Å². The zero-order valence-corrected chi connectivity index (χ0v) is 16.4. The van der Waals surface area contributed by atoms with Crippen LogP contribution in [0, 0.1) is 5.92 Å². The van der Waals surface area contributed by atoms with E-state index in [9.17, 15) is 15.0 Å². The van der Waals surface area contributed by atoms with E-state index in [4.69, 9.17) is 10.5 Å². The van der Waals surface area contributed by atoms with Crippen LogP contribution in [0.3, 0.4) is 0 Å². The third kappa shape index (κ3) is 5.59. The van der Waals surface area contributed by atoms with E-state index >= 15 is 0 Å². The average Bonchev–Trinajstić information content (AvgIpc) is 2.61. The van der Waals surface area contributed by atoms with Gasteiger partial charge in [-0.2, -0.15) is 11.8 Å². The fourth-order valence-corrected chi connectivity index (χ4v) is 3.96. The Bertz CT molecular complexity index is 593. The standard InChI is InChI=1S/C19H30N2O4S/c1-3-26-12-17(20)19(24,18(22)23)11-14-10-16(8-9-21-14)25-15-6-4-13(2)5-7-15/h8-10,13,15,17,24H,3-7,11-12,20H2,1-2H3,(H,22,23)/t13?,15?,17-,19+/m0/s1. The zero-order valence-electron chi connectivity index (χ0n) is 15.6. The quantitative estimate of drug-likeness (QED) is 0.602. The van der Waals surface area contributed by atoms with Crippen molar-refractivity contribution in [2.45, 2.75) is 63.7 Å². The molecule has 0 radical (unpaired) electrons. The fraction of sp³-hybridized carbons (Fsp3) is 0.684. The molecule has 0 bridgehead atoms. The minimum atomic E-state index is -2.05. The summed E-state index contributed by atoms with van der Waals surface area (Å²) in [4.78, 5) is 15.9. The first-order chi connectivity index (χ1) is 12.3. The number of nitrogens with zero attached hydrogens (tertiary/aromatic N) is 1. The molecule has 0 saturated heterocycles. The number of ether oxygens (including phenoxy) is 1. The van der Waals surface area contributed by atoms with Crippen LogP contribution in [-0.4, -0.2) is 50.4 Å². The van der Waals surface area contributed by atoms with Crippen LogP contribution >= 0.6 is 11.8 Å². The number of aromatic nitrogens is 1. The molecule has 1 aromatic heterocycles. The summed E-state index contributed by atoms with van der Waals surface area (Å²) in [6, 6.07) is 2.61. The number of carboxylic acid groups (broad SMARTS) is 1. The van der Waals surface area contributed by atoms with E-state index in [1.165, 1.54) is 11.8 Å². The largest absolute Gasteiger partial charge is 0.490 e. The Labute approximate surface area is 159 Å². The first-order valence-electron chi connectivity index (χ1n) is 9.25. The third-order valence-corrected chi connectivity index (χ3v) is 5.99. The van der Waals surface area contributed by atoms with Crippen molar-refractivity contribution in [3.05, 3.63) is 24.0 Å². The molecule has 0 aromatic carbocycles. The molecule has 1 fully saturated rings. The van der Waals surface area contributed by atoms with Crippen molar-refractivity contribution in [3.8, 4) is 5.75 Å². The lowest BCUT2D eigenvalue weighted by molar-refractivity contribution is -0.160. The van der Waals surface area contributed by atoms with Gasteiger partial charge in [-0.05, 0) is 43.4 Å². The number of hydrogen-bond acceptors (Lipinski definition) is 6. The normalized spacial score (nSPS) is 23.8. The maximum atomic E-state index is 11.7. The molecule has 6 nitrogen and oxygen atoms in total. The summed E-state index contributed by atoms with van der Waals surface area (Å²) in [5.74, 6) is 1.27. The van der Waals surface area contributed by atoms with Gasteiger partial charge in [-0.15, -0.1) is 0 Å². The molecule has 26 heavy (non-hydrogen) atoms. The Morgan fingerprint density at radius 2 is 2.15 bits per heavy atom. The zero-order chi connectivity index (χ0) is 19.2. The Balaban J connectivity index is 2.06. The number of aliphatic carboxylic acids is 1. The maximum Gasteiger partial charge on any atom is 0.337 e. The van der Waals surface area contributed by atoms with Crippen LogP contribution in [0.1, 0.15) is 45.2 Å². The molecular weight excluding hydrogens is 352 g/mol. The van der Waals surface area contributed by atoms with Crippen molar-refractivity contribution in [3.63, 3.8) is 0 Å². The molecule has 1 aliphatic carbocycles. The van der Waals surface area contributed by atoms with Gasteiger partial charge in [-0.1, -0.05) is 13.8 Å². The highest BCUT2D eigenvalue weighted by Crippen LogP contribution is 2.28. The Hall–Kier alpha value is -1.31. The van der Waals surface area contributed by atoms with Crippen LogP contribution in [-0.2, 0) is 11.2 Å². The minimum absolute atomic E-state index is 0.146. The predicted octanol–water partition coefficient (Wildman–Crippen LogP) is 2.48. The Morgan fingerprint density at radius 3 is 2.77 bits per heavy atom. The average molecular weight is 383 g/mol. The molecule has 4 N–H and O–H groups in total. The van der Waals surface area contributed by atoms with Gasteiger partial charge in [0.15, 0.2) is 5.60 Å². The number of rotatable bonds is 9. The van der Waals surface area contributed by atoms with Crippen LogP contribution in [0.2, 0.25) is 0 Å². The number of aliphatic hydroxyl groups is 1. The topological polar surface area (TPSA) is 106 Å². The second-order valence-electron chi connectivity index (χ2n) is 7.15. The number of carboxylic acids is 1. The van der Waals surface area contributed by atoms with E-state index in [-0.39, 0.29) is 12.5 Å². The molecule has 0 unspecified atom stereocenters. The fourth-order valence-electron chi connectivity index (χ4n) is 3.19. The van der Waals surface area contributed by atoms with E-state index in [0.29, 0.717) is 17.2 Å². The molecular formula is C19H30N2O4S. The Morgan fingerprint density at radius 1 is 1.46 bits per heavy atom. The summed E-state index contributed by atoms with van der Waals surface area (Å²) in [5.41, 5.74) is 4.40. The van der Waals surface area contributed by atoms with E-state index < -0.39 is 17.6 Å². The van der Waals surface area contributed by atoms with Gasteiger partial charge in [-0.25, -0.2) is 4.79 Å². The summed E-state index contributed by atoms with van der Waals surface area (Å²) < 4.78 is 6.04. The van der Waals surface area contributed by atoms with Gasteiger partial charge in [0.25, 0.3) is 0 Å². The molecule has 1 aliphatic rings. The van der Waals surface area contributed by atoms with Gasteiger partial charge >= 0.3 is 5.97 Å². The van der Waals surface area contributed by atoms with Crippen LogP contribution in [0.15, 0.2) is 18.3 Å². The molecule has 146 valence electrons. The summed E-state index contributed by atoms with van der Waals surface area (Å²) in [6.07, 6.45) is 5.99. The van der Waals surface area contributed by atoms with E-state index in [1.54, 1.807) is 18.3 Å². The first kappa shape index (κ1) is 21.0. The smallest absolute Gasteiger partial charge is 0.337 e. The van der Waals surface area contributed by atoms with Crippen LogP contribution in [0.4, 0.5) is 0 Å². The highest BCUT2D eigenvalue weighted by molar-refractivity contribution is 7.99. The lowest BCUT2D eigenvalue weighted by Gasteiger charge is -2.30. The molecule has 1 aromatic rings. The van der Waals surface area contributed by atoms with Crippen molar-refractivity contribution in [1.82, 2.24) is 4.98 Å². The molecule has 2 rings (SSSR count). The highest BCUT2D eigenvalue weighted by Gasteiger charge is 2.42. The van der Waals surface area contributed by atoms with E-state index in [1.807, 2.05) is 6.92 Å². The molecule has 0 spiro atoms. The molecule has 0 amide bonds. The van der Waals surface area contributed by atoms with Gasteiger partial charge in [0.1, 0.15) is 5.75 Å². The number of nitrogens with two attached hydrogens (primary N) is 1. The molecule has 1 saturated carbocycles. The molecule has 2 atom stereocenters. The summed E-state index contributed by atoms with van der Waals surface area (Å²) in [6.45, 7) is 4.22. The number of pyridine rings is 1. The summed E-state index contributed by atoms with van der Waals surface area (Å²) in [5, 5.41) is 20.2. The minimum Gasteiger partial charge on any atom is -0.490 e. The number of hydrogen-bond donors (Lipinski definition) is 3. The van der Waals surface area contributed by atoms with Gasteiger partial charge in [0, 0.05) is 30.1 Å². The number of carbonyl (C=O) groups is 1. The highest BCUT2D eigenvalue weighted by atomic mass is 32.2. The maximum absolute atomic E-state index is 11.7. The van der Waals surface area contributed by atoms with Gasteiger partial charge < -0.3 is 20.7 Å². The monoisotopic (exact) mass is 382 g/mol. The predicted molar refractivity (Wildman–Crippen MR) is 104 cm³/mol. The van der Waals surface area contributed by atoms with Crippen molar-refractivity contribution < 1.29 is 19.7 Å². The lowest BCUT2D eigenvalue weighted by atomic mass is 9.89.